The van der Waals surface area contributed by atoms with Gasteiger partial charge in [0.1, 0.15) is 6.54 Å². The maximum Gasteiger partial charge on any atom is 0.310 e. The van der Waals surface area contributed by atoms with Crippen molar-refractivity contribution in [3.8, 4) is 0 Å². The first-order chi connectivity index (χ1) is 16.8. The number of nitrogens with one attached hydrogen (secondary N) is 1. The van der Waals surface area contributed by atoms with Gasteiger partial charge in [-0.05, 0) is 46.5 Å². The standard InChI is InChI=1S/C25H38N4O5S/c1-4-34-24(33)19-11-8-12-28(14-19)22(31)13-20-16-35-25(26-20)27-21(30)15-29(17(2)3)23(32)18-9-6-5-7-10-18/h16-19H,4-15H2,1-3H3,(H,26,27,30). The molecule has 10 heteroatoms. The Morgan fingerprint density at radius 3 is 2.54 bits per heavy atom. The van der Waals surface area contributed by atoms with Crippen LogP contribution in [-0.2, 0) is 30.3 Å². The highest BCUT2D eigenvalue weighted by Crippen LogP contribution is 2.26. The van der Waals surface area contributed by atoms with Gasteiger partial charge in [-0.1, -0.05) is 19.3 Å². The second-order valence-corrected chi connectivity index (χ2v) is 10.6. The summed E-state index contributed by atoms with van der Waals surface area (Å²) in [6, 6.07) is -0.0670. The molecule has 2 aliphatic rings. The van der Waals surface area contributed by atoms with Gasteiger partial charge in [-0.2, -0.15) is 0 Å². The molecule has 1 aromatic rings. The van der Waals surface area contributed by atoms with Crippen LogP contribution in [0, 0.1) is 11.8 Å². The van der Waals surface area contributed by atoms with Crippen LogP contribution in [0.4, 0.5) is 5.13 Å². The molecule has 1 N–H and O–H groups in total. The number of aromatic nitrogens is 1. The first-order valence-corrected chi connectivity index (χ1v) is 13.7. The Balaban J connectivity index is 1.51. The van der Waals surface area contributed by atoms with E-state index >= 15 is 0 Å². The van der Waals surface area contributed by atoms with Gasteiger partial charge in [-0.3, -0.25) is 19.2 Å². The molecule has 0 bridgehead atoms. The predicted molar refractivity (Wildman–Crippen MR) is 134 cm³/mol. The second kappa shape index (κ2) is 13.0. The molecular formula is C25H38N4O5S. The van der Waals surface area contributed by atoms with Gasteiger partial charge in [-0.25, -0.2) is 4.98 Å². The van der Waals surface area contributed by atoms with Crippen LogP contribution in [0.15, 0.2) is 5.38 Å². The van der Waals surface area contributed by atoms with E-state index in [-0.39, 0.29) is 54.5 Å². The zero-order chi connectivity index (χ0) is 25.4. The molecule has 2 fully saturated rings. The van der Waals surface area contributed by atoms with Crippen LogP contribution in [0.3, 0.4) is 0 Å². The lowest BCUT2D eigenvalue weighted by Gasteiger charge is -2.31. The molecule has 194 valence electrons. The third kappa shape index (κ3) is 7.75. The number of carbonyl (C=O) groups excluding carboxylic acids is 4. The van der Waals surface area contributed by atoms with Crippen molar-refractivity contribution in [3.63, 3.8) is 0 Å². The third-order valence-corrected chi connectivity index (χ3v) is 7.51. The van der Waals surface area contributed by atoms with Gasteiger partial charge in [-0.15, -0.1) is 11.3 Å². The van der Waals surface area contributed by atoms with E-state index in [0.717, 1.165) is 38.5 Å². The van der Waals surface area contributed by atoms with E-state index in [9.17, 15) is 19.2 Å². The average Bonchev–Trinajstić information content (AvgIpc) is 3.29. The molecule has 3 amide bonds. The second-order valence-electron chi connectivity index (χ2n) is 9.69. The fourth-order valence-corrected chi connectivity index (χ4v) is 5.51. The van der Waals surface area contributed by atoms with E-state index in [1.54, 1.807) is 22.1 Å². The number of nitrogens with zero attached hydrogens (tertiary/aromatic N) is 3. The molecule has 3 rings (SSSR count). The van der Waals surface area contributed by atoms with E-state index < -0.39 is 0 Å². The molecule has 1 aliphatic carbocycles. The minimum Gasteiger partial charge on any atom is -0.466 e. The average molecular weight is 507 g/mol. The van der Waals surface area contributed by atoms with Crippen molar-refractivity contribution in [1.82, 2.24) is 14.8 Å². The first kappa shape index (κ1) is 27.1. The maximum absolute atomic E-state index is 13.0. The smallest absolute Gasteiger partial charge is 0.310 e. The number of ether oxygens (including phenoxy) is 1. The molecule has 9 nitrogen and oxygen atoms in total. The van der Waals surface area contributed by atoms with E-state index in [0.29, 0.717) is 30.5 Å². The van der Waals surface area contributed by atoms with Gasteiger partial charge in [0.15, 0.2) is 5.13 Å². The number of amides is 3. The topological polar surface area (TPSA) is 109 Å². The van der Waals surface area contributed by atoms with Gasteiger partial charge >= 0.3 is 5.97 Å². The van der Waals surface area contributed by atoms with Crippen LogP contribution >= 0.6 is 11.3 Å². The number of thiazole rings is 1. The first-order valence-electron chi connectivity index (χ1n) is 12.8. The minimum atomic E-state index is -0.289. The summed E-state index contributed by atoms with van der Waals surface area (Å²) in [5, 5.41) is 4.95. The van der Waals surface area contributed by atoms with E-state index in [4.69, 9.17) is 4.74 Å². The fourth-order valence-electron chi connectivity index (χ4n) is 4.78. The van der Waals surface area contributed by atoms with Gasteiger partial charge < -0.3 is 19.9 Å². The van der Waals surface area contributed by atoms with Crippen molar-refractivity contribution in [2.75, 3.05) is 31.6 Å². The van der Waals surface area contributed by atoms with Gasteiger partial charge in [0.05, 0.1) is 24.6 Å². The molecule has 1 aliphatic heterocycles. The zero-order valence-corrected chi connectivity index (χ0v) is 21.9. The normalized spacial score (nSPS) is 18.9. The number of anilines is 1. The third-order valence-electron chi connectivity index (χ3n) is 6.70. The highest BCUT2D eigenvalue weighted by atomic mass is 32.1. The fraction of sp³-hybridized carbons (Fsp3) is 0.720. The molecule has 1 aromatic heterocycles. The number of hydrogen-bond acceptors (Lipinski definition) is 7. The van der Waals surface area contributed by atoms with Crippen LogP contribution < -0.4 is 5.32 Å². The SMILES string of the molecule is CCOC(=O)C1CCCN(C(=O)Cc2csc(NC(=O)CN(C(=O)C3CCCCC3)C(C)C)n2)C1. The molecule has 1 atom stereocenters. The summed E-state index contributed by atoms with van der Waals surface area (Å²) >= 11 is 1.26. The minimum absolute atomic E-state index is 0.00893. The number of hydrogen-bond donors (Lipinski definition) is 1. The van der Waals surface area contributed by atoms with Crippen LogP contribution in [0.5, 0.6) is 0 Å². The number of rotatable bonds is 9. The van der Waals surface area contributed by atoms with Gasteiger partial charge in [0.2, 0.25) is 17.7 Å². The number of likely N-dealkylation sites (tertiary alicyclic amines) is 1. The predicted octanol–water partition coefficient (Wildman–Crippen LogP) is 3.24. The summed E-state index contributed by atoms with van der Waals surface area (Å²) in [6.07, 6.45) is 6.69. The Kier molecular flexibility index (Phi) is 10.1. The Morgan fingerprint density at radius 1 is 1.14 bits per heavy atom. The number of esters is 1. The Bertz CT molecular complexity index is 896. The molecule has 0 aromatic carbocycles. The van der Waals surface area contributed by atoms with Crippen LogP contribution in [0.25, 0.3) is 0 Å². The summed E-state index contributed by atoms with van der Waals surface area (Å²) in [7, 11) is 0. The molecular weight excluding hydrogens is 468 g/mol. The summed E-state index contributed by atoms with van der Waals surface area (Å²) in [4.78, 5) is 58.2. The molecule has 1 saturated heterocycles. The van der Waals surface area contributed by atoms with E-state index in [1.807, 2.05) is 13.8 Å². The molecule has 1 unspecified atom stereocenters. The maximum atomic E-state index is 13.0. The largest absolute Gasteiger partial charge is 0.466 e. The molecule has 2 heterocycles. The zero-order valence-electron chi connectivity index (χ0n) is 21.1. The molecule has 35 heavy (non-hydrogen) atoms. The van der Waals surface area contributed by atoms with Crippen LogP contribution in [0.2, 0.25) is 0 Å². The van der Waals surface area contributed by atoms with Crippen LogP contribution in [0.1, 0.15) is 71.4 Å². The van der Waals surface area contributed by atoms with Crippen molar-refractivity contribution in [1.29, 1.82) is 0 Å². The Morgan fingerprint density at radius 2 is 1.86 bits per heavy atom. The Labute approximate surface area is 211 Å². The van der Waals surface area contributed by atoms with E-state index in [1.165, 1.54) is 17.8 Å². The number of piperidine rings is 1. The molecule has 0 spiro atoms. The van der Waals surface area contributed by atoms with Gasteiger partial charge in [0, 0.05) is 30.4 Å². The van der Waals surface area contributed by atoms with Crippen LogP contribution in [-0.4, -0.2) is 70.8 Å². The lowest BCUT2D eigenvalue weighted by Crippen LogP contribution is -2.45. The summed E-state index contributed by atoms with van der Waals surface area (Å²) in [6.45, 7) is 6.93. The van der Waals surface area contributed by atoms with E-state index in [2.05, 4.69) is 10.3 Å². The Hall–Kier alpha value is -2.49. The van der Waals surface area contributed by atoms with Crippen molar-refractivity contribution in [2.45, 2.75) is 78.2 Å². The van der Waals surface area contributed by atoms with Gasteiger partial charge in [0.25, 0.3) is 0 Å². The summed E-state index contributed by atoms with van der Waals surface area (Å²) < 4.78 is 5.11. The van der Waals surface area contributed by atoms with Crippen molar-refractivity contribution in [3.05, 3.63) is 11.1 Å². The summed E-state index contributed by atoms with van der Waals surface area (Å²) in [5.74, 6) is -0.841. The lowest BCUT2D eigenvalue weighted by atomic mass is 9.88. The molecule has 0 radical (unpaired) electrons. The monoisotopic (exact) mass is 506 g/mol. The highest BCUT2D eigenvalue weighted by molar-refractivity contribution is 7.13. The van der Waals surface area contributed by atoms with Crippen molar-refractivity contribution in [2.24, 2.45) is 11.8 Å². The summed E-state index contributed by atoms with van der Waals surface area (Å²) in [5.41, 5.74) is 0.576. The van der Waals surface area contributed by atoms with Crippen molar-refractivity contribution >= 4 is 40.2 Å². The number of carbonyl (C=O) groups is 4. The quantitative estimate of drug-likeness (QED) is 0.515. The molecule has 1 saturated carbocycles. The highest BCUT2D eigenvalue weighted by Gasteiger charge is 2.30. The van der Waals surface area contributed by atoms with Crippen molar-refractivity contribution < 1.29 is 23.9 Å². The lowest BCUT2D eigenvalue weighted by molar-refractivity contribution is -0.151.